The van der Waals surface area contributed by atoms with Gasteiger partial charge in [0.1, 0.15) is 0 Å². The molecular weight excluding hydrogens is 128 g/mol. The molecule has 58 valence electrons. The van der Waals surface area contributed by atoms with Gasteiger partial charge in [0.2, 0.25) is 0 Å². The number of amides is 1. The van der Waals surface area contributed by atoms with Crippen LogP contribution < -0.4 is 5.43 Å². The summed E-state index contributed by atoms with van der Waals surface area (Å²) in [6.45, 7) is 6.22. The van der Waals surface area contributed by atoms with Crippen LogP contribution in [-0.2, 0) is 4.79 Å². The standard InChI is InChI=1S/C7H14N2O/c1-4-6-8-9(3)7(10)5-2/h5,8H,2,4,6H2,1,3H3. The second-order valence-corrected chi connectivity index (χ2v) is 2.01. The highest BCUT2D eigenvalue weighted by Crippen LogP contribution is 1.79. The van der Waals surface area contributed by atoms with Crippen LogP contribution in [0, 0.1) is 0 Å². The molecule has 0 fully saturated rings. The third kappa shape index (κ3) is 3.25. The molecule has 0 saturated carbocycles. The molecule has 0 aliphatic heterocycles. The summed E-state index contributed by atoms with van der Waals surface area (Å²) in [4.78, 5) is 10.8. The first-order valence-corrected chi connectivity index (χ1v) is 3.36. The first kappa shape index (κ1) is 9.17. The quantitative estimate of drug-likeness (QED) is 0.459. The molecule has 0 spiro atoms. The van der Waals surface area contributed by atoms with Crippen LogP contribution in [0.1, 0.15) is 13.3 Å². The first-order valence-electron chi connectivity index (χ1n) is 3.36. The molecular formula is C7H14N2O. The first-order chi connectivity index (χ1) is 4.72. The normalized spacial score (nSPS) is 9.00. The molecule has 0 radical (unpaired) electrons. The fourth-order valence-corrected chi connectivity index (χ4v) is 0.494. The van der Waals surface area contributed by atoms with Crippen molar-refractivity contribution in [2.75, 3.05) is 13.6 Å². The molecule has 0 heterocycles. The molecule has 0 aromatic carbocycles. The summed E-state index contributed by atoms with van der Waals surface area (Å²) < 4.78 is 0. The number of rotatable bonds is 4. The summed E-state index contributed by atoms with van der Waals surface area (Å²) in [6, 6.07) is 0. The largest absolute Gasteiger partial charge is 0.278 e. The van der Waals surface area contributed by atoms with Gasteiger partial charge in [-0.3, -0.25) is 9.80 Å². The predicted molar refractivity (Wildman–Crippen MR) is 41.3 cm³/mol. The lowest BCUT2D eigenvalue weighted by molar-refractivity contribution is -0.127. The van der Waals surface area contributed by atoms with Crippen molar-refractivity contribution in [3.8, 4) is 0 Å². The van der Waals surface area contributed by atoms with Crippen LogP contribution in [0.3, 0.4) is 0 Å². The number of likely N-dealkylation sites (N-methyl/N-ethyl adjacent to an activating group) is 1. The van der Waals surface area contributed by atoms with Crippen molar-refractivity contribution in [2.24, 2.45) is 0 Å². The van der Waals surface area contributed by atoms with Gasteiger partial charge in [0, 0.05) is 13.6 Å². The lowest BCUT2D eigenvalue weighted by Crippen LogP contribution is -2.38. The Labute approximate surface area is 61.7 Å². The van der Waals surface area contributed by atoms with Crippen LogP contribution in [0.4, 0.5) is 0 Å². The van der Waals surface area contributed by atoms with Crippen molar-refractivity contribution >= 4 is 5.91 Å². The van der Waals surface area contributed by atoms with Gasteiger partial charge in [-0.15, -0.1) is 0 Å². The Morgan fingerprint density at radius 3 is 2.80 bits per heavy atom. The summed E-state index contributed by atoms with van der Waals surface area (Å²) in [5.41, 5.74) is 2.90. The van der Waals surface area contributed by atoms with Crippen LogP contribution in [-0.4, -0.2) is 24.5 Å². The van der Waals surface area contributed by atoms with E-state index in [4.69, 9.17) is 0 Å². The topological polar surface area (TPSA) is 32.3 Å². The predicted octanol–water partition coefficient (Wildman–Crippen LogP) is 0.545. The third-order valence-electron chi connectivity index (χ3n) is 1.10. The smallest absolute Gasteiger partial charge is 0.259 e. The molecule has 0 aromatic heterocycles. The van der Waals surface area contributed by atoms with Crippen LogP contribution in [0.15, 0.2) is 12.7 Å². The van der Waals surface area contributed by atoms with E-state index in [0.717, 1.165) is 13.0 Å². The number of hydrogen-bond acceptors (Lipinski definition) is 2. The van der Waals surface area contributed by atoms with E-state index in [0.29, 0.717) is 0 Å². The minimum Gasteiger partial charge on any atom is -0.278 e. The fraction of sp³-hybridized carbons (Fsp3) is 0.571. The van der Waals surface area contributed by atoms with Crippen molar-refractivity contribution in [1.29, 1.82) is 0 Å². The Morgan fingerprint density at radius 1 is 1.80 bits per heavy atom. The average Bonchev–Trinajstić information content (AvgIpc) is 1.98. The number of hydrazine groups is 1. The van der Waals surface area contributed by atoms with E-state index < -0.39 is 0 Å². The highest BCUT2D eigenvalue weighted by Gasteiger charge is 1.99. The second kappa shape index (κ2) is 4.99. The summed E-state index contributed by atoms with van der Waals surface area (Å²) in [6.07, 6.45) is 2.29. The highest BCUT2D eigenvalue weighted by atomic mass is 16.2. The average molecular weight is 142 g/mol. The molecule has 10 heavy (non-hydrogen) atoms. The summed E-state index contributed by atoms with van der Waals surface area (Å²) in [5, 5.41) is 1.43. The Morgan fingerprint density at radius 2 is 2.40 bits per heavy atom. The van der Waals surface area contributed by atoms with Crippen LogP contribution in [0.25, 0.3) is 0 Å². The van der Waals surface area contributed by atoms with E-state index in [9.17, 15) is 4.79 Å². The molecule has 0 atom stereocenters. The van der Waals surface area contributed by atoms with Crippen LogP contribution in [0.2, 0.25) is 0 Å². The fourth-order valence-electron chi connectivity index (χ4n) is 0.494. The maximum absolute atomic E-state index is 10.8. The Bertz CT molecular complexity index is 123. The van der Waals surface area contributed by atoms with E-state index in [-0.39, 0.29) is 5.91 Å². The Hall–Kier alpha value is -0.830. The van der Waals surface area contributed by atoms with Gasteiger partial charge < -0.3 is 0 Å². The Kier molecular flexibility index (Phi) is 4.58. The van der Waals surface area contributed by atoms with Crippen molar-refractivity contribution in [2.45, 2.75) is 13.3 Å². The third-order valence-corrected chi connectivity index (χ3v) is 1.10. The zero-order chi connectivity index (χ0) is 7.98. The van der Waals surface area contributed by atoms with E-state index >= 15 is 0 Å². The molecule has 0 aliphatic rings. The van der Waals surface area contributed by atoms with Gasteiger partial charge in [0.15, 0.2) is 0 Å². The van der Waals surface area contributed by atoms with Crippen molar-refractivity contribution in [3.63, 3.8) is 0 Å². The minimum atomic E-state index is -0.103. The molecule has 0 aliphatic carbocycles. The lowest BCUT2D eigenvalue weighted by atomic mass is 10.5. The van der Waals surface area contributed by atoms with Gasteiger partial charge in [-0.25, -0.2) is 5.43 Å². The molecule has 0 saturated heterocycles. The van der Waals surface area contributed by atoms with E-state index in [2.05, 4.69) is 12.0 Å². The lowest BCUT2D eigenvalue weighted by Gasteiger charge is -2.15. The number of carbonyl (C=O) groups excluding carboxylic acids is 1. The van der Waals surface area contributed by atoms with E-state index in [1.54, 1.807) is 7.05 Å². The molecule has 1 amide bonds. The van der Waals surface area contributed by atoms with Crippen molar-refractivity contribution in [3.05, 3.63) is 12.7 Å². The van der Waals surface area contributed by atoms with Crippen LogP contribution >= 0.6 is 0 Å². The second-order valence-electron chi connectivity index (χ2n) is 2.01. The number of nitrogens with one attached hydrogen (secondary N) is 1. The molecule has 0 rings (SSSR count). The van der Waals surface area contributed by atoms with Gasteiger partial charge in [0.05, 0.1) is 0 Å². The number of nitrogens with zero attached hydrogens (tertiary/aromatic N) is 1. The number of carbonyl (C=O) groups is 1. The van der Waals surface area contributed by atoms with E-state index in [1.807, 2.05) is 6.92 Å². The van der Waals surface area contributed by atoms with Gasteiger partial charge in [-0.2, -0.15) is 0 Å². The minimum absolute atomic E-state index is 0.103. The van der Waals surface area contributed by atoms with Gasteiger partial charge in [-0.1, -0.05) is 13.5 Å². The summed E-state index contributed by atoms with van der Waals surface area (Å²) >= 11 is 0. The molecule has 0 unspecified atom stereocenters. The molecule has 1 N–H and O–H groups in total. The van der Waals surface area contributed by atoms with E-state index in [1.165, 1.54) is 11.1 Å². The molecule has 3 heteroatoms. The SMILES string of the molecule is C=CC(=O)N(C)NCCC. The summed E-state index contributed by atoms with van der Waals surface area (Å²) in [7, 11) is 1.68. The Balaban J connectivity index is 3.51. The zero-order valence-corrected chi connectivity index (χ0v) is 6.55. The highest BCUT2D eigenvalue weighted by molar-refractivity contribution is 5.86. The number of hydrogen-bond donors (Lipinski definition) is 1. The van der Waals surface area contributed by atoms with Crippen LogP contribution in [0.5, 0.6) is 0 Å². The van der Waals surface area contributed by atoms with Gasteiger partial charge in [0.25, 0.3) is 5.91 Å². The molecule has 0 aromatic rings. The maximum atomic E-state index is 10.8. The summed E-state index contributed by atoms with van der Waals surface area (Å²) in [5.74, 6) is -0.103. The monoisotopic (exact) mass is 142 g/mol. The molecule has 3 nitrogen and oxygen atoms in total. The van der Waals surface area contributed by atoms with Crippen molar-refractivity contribution < 1.29 is 4.79 Å². The molecule has 0 bridgehead atoms. The maximum Gasteiger partial charge on any atom is 0.259 e. The van der Waals surface area contributed by atoms with Gasteiger partial charge >= 0.3 is 0 Å². The zero-order valence-electron chi connectivity index (χ0n) is 6.55. The van der Waals surface area contributed by atoms with Crippen molar-refractivity contribution in [1.82, 2.24) is 10.4 Å². The van der Waals surface area contributed by atoms with Gasteiger partial charge in [-0.05, 0) is 12.5 Å².